The molecule has 6 rings (SSSR count). The second-order valence-electron chi connectivity index (χ2n) is 10.2. The normalized spacial score (nSPS) is 17.4. The Labute approximate surface area is 298 Å². The lowest BCUT2D eigenvalue weighted by Crippen LogP contribution is -2.71. The van der Waals surface area contributed by atoms with Crippen molar-refractivity contribution in [3.05, 3.63) is 68.5 Å². The highest BCUT2D eigenvalue weighted by molar-refractivity contribution is 8.01. The van der Waals surface area contributed by atoms with Crippen LogP contribution in [0, 0.1) is 6.92 Å². The molecule has 1 saturated heterocycles. The van der Waals surface area contributed by atoms with E-state index in [1.807, 2.05) is 0 Å². The molecule has 0 aliphatic carbocycles. The number of aryl methyl sites for hydroxylation is 1. The van der Waals surface area contributed by atoms with Crippen LogP contribution in [-0.4, -0.2) is 95.8 Å². The molecule has 0 radical (unpaired) electrons. The Kier molecular flexibility index (Phi) is 10.5. The van der Waals surface area contributed by atoms with Crippen LogP contribution >= 0.6 is 57.8 Å². The summed E-state index contributed by atoms with van der Waals surface area (Å²) in [5.41, 5.74) is 8.69. The number of nitrogen functional groups attached to an aromatic ring is 1. The lowest BCUT2D eigenvalue weighted by atomic mass is 10.0. The first-order valence-electron chi connectivity index (χ1n) is 14.1. The number of amides is 3. The molecule has 254 valence electrons. The number of aliphatic carboxylic acids is 1. The molecule has 5 heterocycles. The van der Waals surface area contributed by atoms with Gasteiger partial charge in [-0.25, -0.2) is 9.78 Å². The van der Waals surface area contributed by atoms with Gasteiger partial charge in [0.05, 0.1) is 11.6 Å². The number of carbonyl (C=O) groups excluding carboxylic acids is 3. The van der Waals surface area contributed by atoms with Gasteiger partial charge in [-0.2, -0.15) is 0 Å². The number of benzene rings is 1. The summed E-state index contributed by atoms with van der Waals surface area (Å²) in [7, 11) is 0. The number of β-lactam (4-membered cyclic amide) rings is 1. The van der Waals surface area contributed by atoms with E-state index in [0.717, 1.165) is 11.3 Å². The smallest absolute Gasteiger partial charge is 0.352 e. The van der Waals surface area contributed by atoms with Gasteiger partial charge in [-0.05, 0) is 18.6 Å². The van der Waals surface area contributed by atoms with Crippen LogP contribution in [0.15, 0.2) is 60.4 Å². The van der Waals surface area contributed by atoms with E-state index < -0.39 is 35.1 Å². The summed E-state index contributed by atoms with van der Waals surface area (Å²) >= 11 is 11.4. The monoisotopic (exact) mass is 761 g/mol. The first-order valence-corrected chi connectivity index (χ1v) is 18.3. The van der Waals surface area contributed by atoms with E-state index in [0.29, 0.717) is 37.8 Å². The van der Waals surface area contributed by atoms with Gasteiger partial charge in [-0.3, -0.25) is 19.3 Å². The van der Waals surface area contributed by atoms with Crippen molar-refractivity contribution in [3.8, 4) is 11.3 Å². The molecular weight excluding hydrogens is 738 g/mol. The molecule has 21 heteroatoms. The molecular formula is C28H24ClN9O7S4. The quantitative estimate of drug-likeness (QED) is 0.0505. The van der Waals surface area contributed by atoms with Gasteiger partial charge in [0, 0.05) is 22.4 Å². The number of anilines is 1. The maximum absolute atomic E-state index is 13.4. The third kappa shape index (κ3) is 7.27. The number of nitrogens with zero attached hydrogens (tertiary/aromatic N) is 6. The zero-order valence-corrected chi connectivity index (χ0v) is 29.1. The number of carboxylic acids is 1. The van der Waals surface area contributed by atoms with Gasteiger partial charge in [0.25, 0.3) is 17.7 Å². The van der Waals surface area contributed by atoms with Crippen LogP contribution in [0.1, 0.15) is 21.8 Å². The van der Waals surface area contributed by atoms with E-state index in [1.54, 1.807) is 36.7 Å². The van der Waals surface area contributed by atoms with Gasteiger partial charge in [0.2, 0.25) is 0 Å². The summed E-state index contributed by atoms with van der Waals surface area (Å²) in [6, 6.07) is 5.88. The van der Waals surface area contributed by atoms with Crippen molar-refractivity contribution >= 4 is 92.3 Å². The minimum Gasteiger partial charge on any atom is -0.477 e. The van der Waals surface area contributed by atoms with Crippen molar-refractivity contribution in [2.75, 3.05) is 30.4 Å². The Balaban J connectivity index is 1.09. The third-order valence-corrected chi connectivity index (χ3v) is 11.4. The predicted molar refractivity (Wildman–Crippen MR) is 183 cm³/mol. The molecule has 2 atom stereocenters. The standard InChI is InChI=1S/C28H24ClN9O7S4/c1-12-17(18(37-45-12)14-4-2-3-5-15(14)29)22(39)31-6-7-44-36-19(16-10-47-27(30)33-16)23(40)34-20-24(41)38-21(26(42)43)13(8-46-25(20)38)9-48-28-35-32-11-49-28/h2-5,10-11,20,25H,6-9H2,1H3,(H2,30,33)(H,31,39)(H,34,40)(H,42,43)/t20?,25-/m0/s1. The van der Waals surface area contributed by atoms with Crippen LogP contribution in [0.4, 0.5) is 5.13 Å². The van der Waals surface area contributed by atoms with Crippen LogP contribution in [0.5, 0.6) is 0 Å². The number of aromatic nitrogens is 4. The van der Waals surface area contributed by atoms with Crippen LogP contribution < -0.4 is 16.4 Å². The number of halogens is 1. The van der Waals surface area contributed by atoms with Crippen LogP contribution in [0.3, 0.4) is 0 Å². The Hall–Kier alpha value is -4.50. The summed E-state index contributed by atoms with van der Waals surface area (Å²) in [5.74, 6) is -2.14. The van der Waals surface area contributed by atoms with Crippen molar-refractivity contribution in [2.45, 2.75) is 22.7 Å². The average molecular weight is 762 g/mol. The summed E-state index contributed by atoms with van der Waals surface area (Å²) in [4.78, 5) is 62.6. The highest BCUT2D eigenvalue weighted by Gasteiger charge is 2.54. The summed E-state index contributed by atoms with van der Waals surface area (Å²) < 4.78 is 5.93. The number of thioether (sulfide) groups is 2. The third-order valence-electron chi connectivity index (χ3n) is 7.08. The number of nitrogens with two attached hydrogens (primary N) is 1. The first kappa shape index (κ1) is 34.4. The lowest BCUT2D eigenvalue weighted by Gasteiger charge is -2.49. The van der Waals surface area contributed by atoms with Crippen LogP contribution in [0.2, 0.25) is 5.02 Å². The van der Waals surface area contributed by atoms with Gasteiger partial charge in [0.1, 0.15) is 51.9 Å². The molecule has 3 aromatic heterocycles. The van der Waals surface area contributed by atoms with Gasteiger partial charge in [0.15, 0.2) is 15.2 Å². The molecule has 1 fully saturated rings. The molecule has 1 unspecified atom stereocenters. The minimum atomic E-state index is -1.24. The number of carboxylic acid groups (broad SMARTS) is 1. The SMILES string of the molecule is Cc1onc(-c2ccccc2Cl)c1C(=O)NCCON=C(C(=O)NC1C(=O)N2C(C(=O)O)=C(CSc3nncs3)CS[C@@H]12)c1csc(N)n1. The van der Waals surface area contributed by atoms with Gasteiger partial charge in [-0.15, -0.1) is 33.3 Å². The van der Waals surface area contributed by atoms with Gasteiger partial charge in [-0.1, -0.05) is 63.2 Å². The first-order chi connectivity index (χ1) is 23.6. The Morgan fingerprint density at radius 3 is 2.82 bits per heavy atom. The Bertz CT molecular complexity index is 1980. The van der Waals surface area contributed by atoms with Crippen LogP contribution in [0.25, 0.3) is 11.3 Å². The summed E-state index contributed by atoms with van der Waals surface area (Å²) in [5, 5.41) is 32.4. The fourth-order valence-electron chi connectivity index (χ4n) is 4.86. The molecule has 3 amide bonds. The van der Waals surface area contributed by atoms with E-state index in [1.165, 1.54) is 45.1 Å². The molecule has 16 nitrogen and oxygen atoms in total. The summed E-state index contributed by atoms with van der Waals surface area (Å²) in [6.45, 7) is 1.44. The molecule has 0 spiro atoms. The van der Waals surface area contributed by atoms with Crippen molar-refractivity contribution in [1.82, 2.24) is 35.9 Å². The predicted octanol–water partition coefficient (Wildman–Crippen LogP) is 2.88. The molecule has 2 aliphatic heterocycles. The topological polar surface area (TPSA) is 228 Å². The maximum atomic E-state index is 13.4. The number of carbonyl (C=O) groups is 4. The number of hydrogen-bond donors (Lipinski definition) is 4. The molecule has 0 saturated carbocycles. The van der Waals surface area contributed by atoms with E-state index in [9.17, 15) is 24.3 Å². The molecule has 0 bridgehead atoms. The number of rotatable bonds is 13. The fraction of sp³-hybridized carbons (Fsp3) is 0.250. The summed E-state index contributed by atoms with van der Waals surface area (Å²) in [6.07, 6.45) is 0. The van der Waals surface area contributed by atoms with E-state index in [4.69, 9.17) is 26.7 Å². The largest absolute Gasteiger partial charge is 0.477 e. The highest BCUT2D eigenvalue weighted by Crippen LogP contribution is 2.41. The number of thiazole rings is 1. The Morgan fingerprint density at radius 2 is 2.10 bits per heavy atom. The second-order valence-corrected chi connectivity index (χ2v) is 14.6. The van der Waals surface area contributed by atoms with E-state index >= 15 is 0 Å². The molecule has 2 aliphatic rings. The lowest BCUT2D eigenvalue weighted by molar-refractivity contribution is -0.150. The van der Waals surface area contributed by atoms with Crippen molar-refractivity contribution in [2.24, 2.45) is 5.16 Å². The van der Waals surface area contributed by atoms with Gasteiger partial charge < -0.3 is 30.8 Å². The van der Waals surface area contributed by atoms with Crippen molar-refractivity contribution in [1.29, 1.82) is 0 Å². The Morgan fingerprint density at radius 1 is 1.29 bits per heavy atom. The molecule has 5 N–H and O–H groups in total. The number of nitrogens with one attached hydrogen (secondary N) is 2. The van der Waals surface area contributed by atoms with Gasteiger partial charge >= 0.3 is 5.97 Å². The van der Waals surface area contributed by atoms with Crippen molar-refractivity contribution < 1.29 is 33.6 Å². The number of oxime groups is 1. The van der Waals surface area contributed by atoms with E-state index in [-0.39, 0.29) is 46.6 Å². The minimum absolute atomic E-state index is 0.0121. The second kappa shape index (κ2) is 14.9. The number of hydrogen-bond acceptors (Lipinski definition) is 16. The van der Waals surface area contributed by atoms with Crippen molar-refractivity contribution in [3.63, 3.8) is 0 Å². The highest BCUT2D eigenvalue weighted by atomic mass is 35.5. The average Bonchev–Trinajstić information content (AvgIpc) is 3.85. The molecule has 49 heavy (non-hydrogen) atoms. The van der Waals surface area contributed by atoms with E-state index in [2.05, 4.69) is 36.1 Å². The maximum Gasteiger partial charge on any atom is 0.352 e. The fourth-order valence-corrected chi connectivity index (χ4v) is 8.61. The molecule has 4 aromatic rings. The zero-order valence-electron chi connectivity index (χ0n) is 25.1. The number of fused-ring (bicyclic) bond motifs is 1. The zero-order chi connectivity index (χ0) is 34.7. The molecule has 1 aromatic carbocycles. The van der Waals surface area contributed by atoms with Crippen LogP contribution in [-0.2, 0) is 19.2 Å².